The fourth-order valence-electron chi connectivity index (χ4n) is 3.09. The Morgan fingerprint density at radius 2 is 1.71 bits per heavy atom. The Bertz CT molecular complexity index is 796. The third kappa shape index (κ3) is 7.04. The molecule has 2 rings (SSSR count). The minimum atomic E-state index is -3.60. The first-order valence-electron chi connectivity index (χ1n) is 9.77. The zero-order chi connectivity index (χ0) is 20.9. The number of sulfonamides is 1. The van der Waals surface area contributed by atoms with E-state index in [4.69, 9.17) is 0 Å². The molecule has 1 aromatic carbocycles. The summed E-state index contributed by atoms with van der Waals surface area (Å²) in [5, 5.41) is 3.07. The zero-order valence-electron chi connectivity index (χ0n) is 17.6. The van der Waals surface area contributed by atoms with E-state index in [9.17, 15) is 13.2 Å². The first-order valence-corrected chi connectivity index (χ1v) is 11.3. The SMILES string of the molecule is CC(C)=CCN1CCC(NC(=O)c2ccc(S(=O)(=O)NC(C)(C)C)cc2)CC1. The molecule has 0 atom stereocenters. The lowest BCUT2D eigenvalue weighted by molar-refractivity contribution is 0.0914. The number of piperidine rings is 1. The van der Waals surface area contributed by atoms with E-state index < -0.39 is 15.6 Å². The summed E-state index contributed by atoms with van der Waals surface area (Å²) in [6.07, 6.45) is 4.07. The van der Waals surface area contributed by atoms with Crippen LogP contribution in [0.2, 0.25) is 0 Å². The van der Waals surface area contributed by atoms with Crippen molar-refractivity contribution >= 4 is 15.9 Å². The summed E-state index contributed by atoms with van der Waals surface area (Å²) in [5.74, 6) is -0.157. The number of hydrogen-bond donors (Lipinski definition) is 2. The normalized spacial score (nSPS) is 16.6. The van der Waals surface area contributed by atoms with Gasteiger partial charge in [0.15, 0.2) is 0 Å². The summed E-state index contributed by atoms with van der Waals surface area (Å²) >= 11 is 0. The maximum absolute atomic E-state index is 12.5. The number of rotatable bonds is 6. The largest absolute Gasteiger partial charge is 0.349 e. The molecule has 0 spiro atoms. The van der Waals surface area contributed by atoms with Gasteiger partial charge in [0.1, 0.15) is 0 Å². The van der Waals surface area contributed by atoms with Gasteiger partial charge in [0.05, 0.1) is 4.90 Å². The van der Waals surface area contributed by atoms with Crippen molar-refractivity contribution in [2.45, 2.75) is 63.9 Å². The molecule has 7 heteroatoms. The minimum Gasteiger partial charge on any atom is -0.349 e. The van der Waals surface area contributed by atoms with Gasteiger partial charge in [-0.25, -0.2) is 13.1 Å². The van der Waals surface area contributed by atoms with Crippen LogP contribution in [0.4, 0.5) is 0 Å². The van der Waals surface area contributed by atoms with E-state index >= 15 is 0 Å². The summed E-state index contributed by atoms with van der Waals surface area (Å²) < 4.78 is 27.3. The van der Waals surface area contributed by atoms with E-state index in [-0.39, 0.29) is 16.8 Å². The van der Waals surface area contributed by atoms with Crippen LogP contribution in [0.15, 0.2) is 40.8 Å². The molecule has 0 aromatic heterocycles. The standard InChI is InChI=1S/C21H33N3O3S/c1-16(2)10-13-24-14-11-18(12-15-24)22-20(25)17-6-8-19(9-7-17)28(26,27)23-21(3,4)5/h6-10,18,23H,11-15H2,1-5H3,(H,22,25). The molecule has 1 heterocycles. The second kappa shape index (κ2) is 9.20. The Kier molecular flexibility index (Phi) is 7.42. The molecule has 0 aliphatic carbocycles. The number of hydrogen-bond acceptors (Lipinski definition) is 4. The molecule has 1 aromatic rings. The van der Waals surface area contributed by atoms with Gasteiger partial charge in [0, 0.05) is 36.8 Å². The fourth-order valence-corrected chi connectivity index (χ4v) is 4.51. The molecule has 28 heavy (non-hydrogen) atoms. The van der Waals surface area contributed by atoms with Crippen LogP contribution in [0.1, 0.15) is 57.8 Å². The molecule has 6 nitrogen and oxygen atoms in total. The van der Waals surface area contributed by atoms with E-state index in [1.165, 1.54) is 17.7 Å². The van der Waals surface area contributed by atoms with Crippen molar-refractivity contribution in [2.24, 2.45) is 0 Å². The Hall–Kier alpha value is -1.70. The Morgan fingerprint density at radius 1 is 1.14 bits per heavy atom. The summed E-state index contributed by atoms with van der Waals surface area (Å²) in [6.45, 7) is 12.5. The number of allylic oxidation sites excluding steroid dienone is 1. The van der Waals surface area contributed by atoms with Crippen molar-refractivity contribution in [3.63, 3.8) is 0 Å². The second-order valence-corrected chi connectivity index (χ2v) is 10.4. The average molecular weight is 408 g/mol. The highest BCUT2D eigenvalue weighted by Crippen LogP contribution is 2.15. The Morgan fingerprint density at radius 3 is 2.21 bits per heavy atom. The van der Waals surface area contributed by atoms with E-state index in [1.54, 1.807) is 32.9 Å². The molecular formula is C21H33N3O3S. The highest BCUT2D eigenvalue weighted by Gasteiger charge is 2.23. The van der Waals surface area contributed by atoms with Gasteiger partial charge < -0.3 is 5.32 Å². The molecule has 0 bridgehead atoms. The van der Waals surface area contributed by atoms with Crippen LogP contribution in [0.5, 0.6) is 0 Å². The molecule has 2 N–H and O–H groups in total. The number of carbonyl (C=O) groups excluding carboxylic acids is 1. The van der Waals surface area contributed by atoms with Crippen molar-refractivity contribution in [1.29, 1.82) is 0 Å². The van der Waals surface area contributed by atoms with Crippen molar-refractivity contribution < 1.29 is 13.2 Å². The van der Waals surface area contributed by atoms with Crippen LogP contribution in [-0.4, -0.2) is 50.4 Å². The summed E-state index contributed by atoms with van der Waals surface area (Å²) in [6, 6.07) is 6.24. The number of carbonyl (C=O) groups is 1. The lowest BCUT2D eigenvalue weighted by Gasteiger charge is -2.31. The van der Waals surface area contributed by atoms with E-state index in [2.05, 4.69) is 34.9 Å². The third-order valence-corrected chi connectivity index (χ3v) is 6.32. The second-order valence-electron chi connectivity index (χ2n) is 8.71. The smallest absolute Gasteiger partial charge is 0.251 e. The van der Waals surface area contributed by atoms with Gasteiger partial charge >= 0.3 is 0 Å². The molecule has 1 saturated heterocycles. The Labute approximate surface area is 169 Å². The first kappa shape index (κ1) is 22.6. The van der Waals surface area contributed by atoms with Crippen molar-refractivity contribution in [3.05, 3.63) is 41.5 Å². The van der Waals surface area contributed by atoms with Crippen molar-refractivity contribution in [3.8, 4) is 0 Å². The molecular weight excluding hydrogens is 374 g/mol. The number of likely N-dealkylation sites (tertiary alicyclic amines) is 1. The lowest BCUT2D eigenvalue weighted by Crippen LogP contribution is -2.44. The maximum Gasteiger partial charge on any atom is 0.251 e. The molecule has 1 amide bonds. The number of amides is 1. The molecule has 1 aliphatic heterocycles. The van der Waals surface area contributed by atoms with Gasteiger partial charge in [0.25, 0.3) is 5.91 Å². The van der Waals surface area contributed by atoms with Crippen LogP contribution in [0, 0.1) is 0 Å². The topological polar surface area (TPSA) is 78.5 Å². The molecule has 0 saturated carbocycles. The number of benzene rings is 1. The van der Waals surface area contributed by atoms with Crippen LogP contribution >= 0.6 is 0 Å². The monoisotopic (exact) mass is 407 g/mol. The molecule has 1 aliphatic rings. The minimum absolute atomic E-state index is 0.154. The van der Waals surface area contributed by atoms with Gasteiger partial charge in [-0.1, -0.05) is 11.6 Å². The van der Waals surface area contributed by atoms with Crippen LogP contribution < -0.4 is 10.0 Å². The third-order valence-electron chi connectivity index (χ3n) is 4.55. The van der Waals surface area contributed by atoms with Crippen LogP contribution in [0.3, 0.4) is 0 Å². The van der Waals surface area contributed by atoms with E-state index in [0.29, 0.717) is 5.56 Å². The van der Waals surface area contributed by atoms with Crippen molar-refractivity contribution in [1.82, 2.24) is 14.9 Å². The fraction of sp³-hybridized carbons (Fsp3) is 0.571. The predicted octanol–water partition coefficient (Wildman–Crippen LogP) is 2.92. The molecule has 0 radical (unpaired) electrons. The van der Waals surface area contributed by atoms with Gasteiger partial charge in [0.2, 0.25) is 10.0 Å². The van der Waals surface area contributed by atoms with Crippen LogP contribution in [0.25, 0.3) is 0 Å². The lowest BCUT2D eigenvalue weighted by atomic mass is 10.0. The quantitative estimate of drug-likeness (QED) is 0.711. The van der Waals surface area contributed by atoms with Gasteiger partial charge in [-0.3, -0.25) is 9.69 Å². The zero-order valence-corrected chi connectivity index (χ0v) is 18.4. The van der Waals surface area contributed by atoms with Gasteiger partial charge in [-0.05, 0) is 71.7 Å². The Balaban J connectivity index is 1.91. The van der Waals surface area contributed by atoms with Gasteiger partial charge in [-0.15, -0.1) is 0 Å². The molecule has 156 valence electrons. The highest BCUT2D eigenvalue weighted by atomic mass is 32.2. The summed E-state index contributed by atoms with van der Waals surface area (Å²) in [4.78, 5) is 15.0. The molecule has 0 unspecified atom stereocenters. The summed E-state index contributed by atoms with van der Waals surface area (Å²) in [5.41, 5.74) is 1.23. The maximum atomic E-state index is 12.5. The van der Waals surface area contributed by atoms with Crippen LogP contribution in [-0.2, 0) is 10.0 Å². The first-order chi connectivity index (χ1) is 13.0. The van der Waals surface area contributed by atoms with E-state index in [0.717, 1.165) is 32.5 Å². The summed E-state index contributed by atoms with van der Waals surface area (Å²) in [7, 11) is -3.60. The van der Waals surface area contributed by atoms with Gasteiger partial charge in [-0.2, -0.15) is 0 Å². The van der Waals surface area contributed by atoms with Crippen molar-refractivity contribution in [2.75, 3.05) is 19.6 Å². The average Bonchev–Trinajstić information content (AvgIpc) is 2.59. The highest BCUT2D eigenvalue weighted by molar-refractivity contribution is 7.89. The number of nitrogens with zero attached hydrogens (tertiary/aromatic N) is 1. The van der Waals surface area contributed by atoms with E-state index in [1.807, 2.05) is 0 Å². The molecule has 1 fully saturated rings. The predicted molar refractivity (Wildman–Crippen MR) is 113 cm³/mol. The number of nitrogens with one attached hydrogen (secondary N) is 2.